The van der Waals surface area contributed by atoms with Crippen LogP contribution in [0.3, 0.4) is 0 Å². The Balaban J connectivity index is 3.34. The summed E-state index contributed by atoms with van der Waals surface area (Å²) in [6.07, 6.45) is 0. The van der Waals surface area contributed by atoms with Gasteiger partial charge in [-0.15, -0.1) is 0 Å². The first-order valence-corrected chi connectivity index (χ1v) is 5.33. The molecule has 0 saturated heterocycles. The van der Waals surface area contributed by atoms with E-state index in [-0.39, 0.29) is 11.2 Å². The van der Waals surface area contributed by atoms with Crippen molar-refractivity contribution < 1.29 is 4.79 Å². The molecule has 3 heteroatoms. The van der Waals surface area contributed by atoms with E-state index in [2.05, 4.69) is 0 Å². The largest absolute Gasteiger partial charge is 0.398 e. The van der Waals surface area contributed by atoms with Gasteiger partial charge in [-0.2, -0.15) is 0 Å². The minimum absolute atomic E-state index is 0.104. The summed E-state index contributed by atoms with van der Waals surface area (Å²) in [5.74, 6) is 0.104. The lowest BCUT2D eigenvalue weighted by molar-refractivity contribution is -0.117. The Hall–Kier alpha value is -1.02. The van der Waals surface area contributed by atoms with Crippen LogP contribution in [0.5, 0.6) is 0 Å². The minimum Gasteiger partial charge on any atom is -0.398 e. The van der Waals surface area contributed by atoms with Gasteiger partial charge in [-0.1, -0.05) is 32.0 Å². The van der Waals surface area contributed by atoms with E-state index in [1.165, 1.54) is 0 Å². The van der Waals surface area contributed by atoms with Gasteiger partial charge in [0.1, 0.15) is 0 Å². The molecule has 0 radical (unpaired) electrons. The highest BCUT2D eigenvalue weighted by Crippen LogP contribution is 2.37. The maximum atomic E-state index is 11.6. The summed E-state index contributed by atoms with van der Waals surface area (Å²) < 4.78 is 0. The number of carbonyl (C=O) groups excluding carboxylic acids is 1. The first-order valence-electron chi connectivity index (χ1n) is 4.95. The summed E-state index contributed by atoms with van der Waals surface area (Å²) in [5, 5.41) is -0.365. The van der Waals surface area contributed by atoms with Crippen LogP contribution in [0.15, 0.2) is 24.3 Å². The van der Waals surface area contributed by atoms with E-state index in [0.717, 1.165) is 5.56 Å². The van der Waals surface area contributed by atoms with E-state index in [4.69, 9.17) is 17.3 Å². The molecule has 0 aromatic heterocycles. The zero-order chi connectivity index (χ0) is 11.6. The topological polar surface area (TPSA) is 43.1 Å². The van der Waals surface area contributed by atoms with Crippen molar-refractivity contribution in [1.29, 1.82) is 0 Å². The van der Waals surface area contributed by atoms with Crippen molar-refractivity contribution in [3.63, 3.8) is 0 Å². The van der Waals surface area contributed by atoms with Gasteiger partial charge in [0.15, 0.2) is 0 Å². The summed E-state index contributed by atoms with van der Waals surface area (Å²) >= 11 is 5.69. The molecular formula is C12H16ClNO. The molecule has 0 amide bonds. The molecule has 0 bridgehead atoms. The number of nitrogens with two attached hydrogens (primary N) is 1. The predicted octanol–water partition coefficient (Wildman–Crippen LogP) is 2.95. The van der Waals surface area contributed by atoms with Crippen molar-refractivity contribution in [2.75, 3.05) is 5.73 Å². The van der Waals surface area contributed by atoms with Gasteiger partial charge in [0.05, 0.1) is 5.41 Å². The predicted molar refractivity (Wildman–Crippen MR) is 63.9 cm³/mol. The summed E-state index contributed by atoms with van der Waals surface area (Å²) in [6.45, 7) is 5.76. The van der Waals surface area contributed by atoms with E-state index in [1.807, 2.05) is 39.0 Å². The average molecular weight is 226 g/mol. The van der Waals surface area contributed by atoms with E-state index in [9.17, 15) is 4.79 Å². The van der Waals surface area contributed by atoms with Gasteiger partial charge in [-0.05, 0) is 36.1 Å². The molecule has 1 aromatic rings. The fraction of sp³-hybridized carbons (Fsp3) is 0.417. The Bertz CT molecular complexity index is 376. The molecule has 2 N–H and O–H groups in total. The molecule has 0 fully saturated rings. The molecule has 0 aliphatic carbocycles. The van der Waals surface area contributed by atoms with Crippen LogP contribution in [-0.2, 0) is 10.2 Å². The number of anilines is 1. The lowest BCUT2D eigenvalue weighted by Gasteiger charge is -2.31. The van der Waals surface area contributed by atoms with Crippen molar-refractivity contribution in [2.24, 2.45) is 5.92 Å². The Labute approximate surface area is 95.4 Å². The summed E-state index contributed by atoms with van der Waals surface area (Å²) in [5.41, 5.74) is 6.58. The van der Waals surface area contributed by atoms with E-state index in [1.54, 1.807) is 6.07 Å². The highest BCUT2D eigenvalue weighted by molar-refractivity contribution is 6.65. The lowest BCUT2D eigenvalue weighted by Crippen LogP contribution is -2.35. The molecule has 15 heavy (non-hydrogen) atoms. The number of halogens is 1. The van der Waals surface area contributed by atoms with Crippen molar-refractivity contribution in [3.8, 4) is 0 Å². The van der Waals surface area contributed by atoms with Gasteiger partial charge >= 0.3 is 0 Å². The van der Waals surface area contributed by atoms with Gasteiger partial charge < -0.3 is 5.73 Å². The number of para-hydroxylation sites is 1. The fourth-order valence-corrected chi connectivity index (χ4v) is 1.93. The second kappa shape index (κ2) is 4.23. The Morgan fingerprint density at radius 1 is 1.40 bits per heavy atom. The second-order valence-electron chi connectivity index (χ2n) is 4.22. The van der Waals surface area contributed by atoms with E-state index >= 15 is 0 Å². The number of benzene rings is 1. The molecule has 1 atom stereocenters. The summed E-state index contributed by atoms with van der Waals surface area (Å²) in [6, 6.07) is 7.36. The first-order chi connectivity index (χ1) is 6.90. The fourth-order valence-electron chi connectivity index (χ4n) is 1.61. The van der Waals surface area contributed by atoms with Gasteiger partial charge in [0, 0.05) is 5.69 Å². The van der Waals surface area contributed by atoms with Crippen LogP contribution in [0.2, 0.25) is 0 Å². The highest BCUT2D eigenvalue weighted by Gasteiger charge is 2.38. The first kappa shape index (κ1) is 12.1. The van der Waals surface area contributed by atoms with Crippen LogP contribution in [-0.4, -0.2) is 5.24 Å². The number of carbonyl (C=O) groups is 1. The van der Waals surface area contributed by atoms with Gasteiger partial charge in [-0.25, -0.2) is 0 Å². The third-order valence-corrected chi connectivity index (χ3v) is 3.48. The Kier molecular flexibility index (Phi) is 3.40. The van der Waals surface area contributed by atoms with Crippen molar-refractivity contribution >= 4 is 22.5 Å². The normalized spacial score (nSPS) is 15.0. The van der Waals surface area contributed by atoms with Gasteiger partial charge in [0.2, 0.25) is 5.24 Å². The van der Waals surface area contributed by atoms with Crippen LogP contribution in [0.4, 0.5) is 5.69 Å². The van der Waals surface area contributed by atoms with Crippen LogP contribution < -0.4 is 5.73 Å². The summed E-state index contributed by atoms with van der Waals surface area (Å²) in [4.78, 5) is 11.6. The molecule has 0 aliphatic rings. The lowest BCUT2D eigenvalue weighted by atomic mass is 9.74. The molecule has 1 rings (SSSR count). The van der Waals surface area contributed by atoms with Crippen LogP contribution in [0, 0.1) is 5.92 Å². The maximum absolute atomic E-state index is 11.6. The number of hydrogen-bond acceptors (Lipinski definition) is 2. The van der Waals surface area contributed by atoms with Crippen molar-refractivity contribution in [3.05, 3.63) is 29.8 Å². The average Bonchev–Trinajstić information content (AvgIpc) is 2.16. The standard InChI is InChI=1S/C12H16ClNO/c1-8(2)12(3,11(13)15)9-6-4-5-7-10(9)14/h4-8H,14H2,1-3H3. The number of hydrogen-bond donors (Lipinski definition) is 1. The quantitative estimate of drug-likeness (QED) is 0.635. The third-order valence-electron chi connectivity index (χ3n) is 3.08. The SMILES string of the molecule is CC(C)C(C)(C(=O)Cl)c1ccccc1N. The minimum atomic E-state index is -0.715. The van der Waals surface area contributed by atoms with Gasteiger partial charge in [0.25, 0.3) is 0 Å². The van der Waals surface area contributed by atoms with Crippen molar-refractivity contribution in [2.45, 2.75) is 26.2 Å². The van der Waals surface area contributed by atoms with Crippen LogP contribution in [0.25, 0.3) is 0 Å². The molecule has 0 aliphatic heterocycles. The monoisotopic (exact) mass is 225 g/mol. The smallest absolute Gasteiger partial charge is 0.232 e. The molecule has 0 heterocycles. The summed E-state index contributed by atoms with van der Waals surface area (Å²) in [7, 11) is 0. The number of nitrogen functional groups attached to an aromatic ring is 1. The second-order valence-corrected chi connectivity index (χ2v) is 4.56. The molecule has 2 nitrogen and oxygen atoms in total. The zero-order valence-corrected chi connectivity index (χ0v) is 10.0. The molecular weight excluding hydrogens is 210 g/mol. The highest BCUT2D eigenvalue weighted by atomic mass is 35.5. The third kappa shape index (κ3) is 2.00. The van der Waals surface area contributed by atoms with Crippen LogP contribution in [0.1, 0.15) is 26.3 Å². The van der Waals surface area contributed by atoms with Crippen molar-refractivity contribution in [1.82, 2.24) is 0 Å². The Morgan fingerprint density at radius 3 is 2.33 bits per heavy atom. The zero-order valence-electron chi connectivity index (χ0n) is 9.25. The number of rotatable bonds is 3. The van der Waals surface area contributed by atoms with Crippen LogP contribution >= 0.6 is 11.6 Å². The van der Waals surface area contributed by atoms with E-state index < -0.39 is 5.41 Å². The van der Waals surface area contributed by atoms with E-state index in [0.29, 0.717) is 5.69 Å². The molecule has 1 unspecified atom stereocenters. The molecule has 0 saturated carbocycles. The Morgan fingerprint density at radius 2 is 1.93 bits per heavy atom. The molecule has 82 valence electrons. The molecule has 0 spiro atoms. The van der Waals surface area contributed by atoms with Gasteiger partial charge in [-0.3, -0.25) is 4.79 Å². The maximum Gasteiger partial charge on any atom is 0.232 e. The molecule has 1 aromatic carbocycles.